The number of nitrogens with zero attached hydrogens (tertiary/aromatic N) is 2. The summed E-state index contributed by atoms with van der Waals surface area (Å²) in [5.74, 6) is -0.975. The molecule has 0 aliphatic carbocycles. The van der Waals surface area contributed by atoms with Gasteiger partial charge in [0.2, 0.25) is 12.1 Å². The number of methoxy groups -OCH3 is 1. The van der Waals surface area contributed by atoms with Gasteiger partial charge >= 0.3 is 6.03 Å². The lowest BCUT2D eigenvalue weighted by atomic mass is 9.99. The van der Waals surface area contributed by atoms with Crippen LogP contribution in [0, 0.1) is 5.41 Å². The zero-order valence-corrected chi connectivity index (χ0v) is 32.5. The second kappa shape index (κ2) is 22.9. The number of nitrogens with one attached hydrogen (secondary N) is 2. The topological polar surface area (TPSA) is 117 Å². The van der Waals surface area contributed by atoms with Crippen molar-refractivity contribution in [1.29, 1.82) is 0 Å². The van der Waals surface area contributed by atoms with Crippen molar-refractivity contribution in [2.45, 2.75) is 143 Å². The van der Waals surface area contributed by atoms with Crippen LogP contribution in [-0.2, 0) is 25.7 Å². The number of imide groups is 1. The van der Waals surface area contributed by atoms with Crippen LogP contribution >= 0.6 is 0 Å². The molecule has 2 aromatic rings. The molecule has 1 aliphatic rings. The highest BCUT2D eigenvalue weighted by Crippen LogP contribution is 2.30. The van der Waals surface area contributed by atoms with Gasteiger partial charge in [-0.05, 0) is 35.6 Å². The summed E-state index contributed by atoms with van der Waals surface area (Å²) in [6, 6.07) is 13.7. The summed E-state index contributed by atoms with van der Waals surface area (Å²) in [6.45, 7) is 8.25. The molecule has 3 rings (SSSR count). The summed E-state index contributed by atoms with van der Waals surface area (Å²) in [6.07, 6.45) is 17.9. The molecular formula is C42H64N4O6. The molecule has 0 saturated carbocycles. The number of amides is 5. The fourth-order valence-corrected chi connectivity index (χ4v) is 6.28. The Balaban J connectivity index is 1.48. The Kier molecular flexibility index (Phi) is 18.7. The van der Waals surface area contributed by atoms with E-state index in [0.29, 0.717) is 17.9 Å². The van der Waals surface area contributed by atoms with Crippen LogP contribution in [0.4, 0.5) is 16.2 Å². The third kappa shape index (κ3) is 15.4. The molecule has 0 bridgehead atoms. The Morgan fingerprint density at radius 2 is 1.37 bits per heavy atom. The quantitative estimate of drug-likeness (QED) is 0.0779. The van der Waals surface area contributed by atoms with Crippen LogP contribution in [0.3, 0.4) is 0 Å². The van der Waals surface area contributed by atoms with Gasteiger partial charge in [0, 0.05) is 18.7 Å². The smallest absolute Gasteiger partial charge is 0.330 e. The summed E-state index contributed by atoms with van der Waals surface area (Å²) in [5.41, 5.74) is 1.30. The number of carbonyl (C=O) groups excluding carboxylic acids is 4. The molecule has 0 radical (unpaired) electrons. The van der Waals surface area contributed by atoms with Crippen LogP contribution in [0.5, 0.6) is 5.75 Å². The van der Waals surface area contributed by atoms with Crippen LogP contribution in [-0.4, -0.2) is 60.0 Å². The Labute approximate surface area is 312 Å². The van der Waals surface area contributed by atoms with Crippen molar-refractivity contribution in [3.05, 3.63) is 54.1 Å². The zero-order chi connectivity index (χ0) is 37.8. The van der Waals surface area contributed by atoms with Crippen molar-refractivity contribution in [2.24, 2.45) is 5.41 Å². The molecule has 0 spiro atoms. The highest BCUT2D eigenvalue weighted by Gasteiger charge is 2.44. The van der Waals surface area contributed by atoms with Gasteiger partial charge in [-0.2, -0.15) is 0 Å². The molecule has 1 heterocycles. The molecule has 10 nitrogen and oxygen atoms in total. The monoisotopic (exact) mass is 720 g/mol. The van der Waals surface area contributed by atoms with Crippen LogP contribution < -0.4 is 15.4 Å². The van der Waals surface area contributed by atoms with E-state index in [2.05, 4.69) is 17.6 Å². The molecular weight excluding hydrogens is 656 g/mol. The Bertz CT molecular complexity index is 1390. The van der Waals surface area contributed by atoms with Gasteiger partial charge in [-0.3, -0.25) is 14.4 Å². The van der Waals surface area contributed by atoms with E-state index < -0.39 is 24.1 Å². The first-order valence-corrected chi connectivity index (χ1v) is 19.6. The number of unbranched alkanes of at least 4 members (excludes halogenated alkanes) is 14. The fourth-order valence-electron chi connectivity index (χ4n) is 6.28. The highest BCUT2D eigenvalue weighted by molar-refractivity contribution is 6.07. The van der Waals surface area contributed by atoms with Gasteiger partial charge in [-0.25, -0.2) is 9.69 Å². The predicted molar refractivity (Wildman–Crippen MR) is 208 cm³/mol. The maximum absolute atomic E-state index is 13.8. The number of rotatable bonds is 25. The average Bonchev–Trinajstić information content (AvgIpc) is 3.38. The summed E-state index contributed by atoms with van der Waals surface area (Å²) in [5, 5.41) is 5.72. The first kappa shape index (κ1) is 42.5. The van der Waals surface area contributed by atoms with Crippen LogP contribution in [0.25, 0.3) is 0 Å². The molecule has 5 amide bonds. The van der Waals surface area contributed by atoms with E-state index in [1.54, 1.807) is 18.2 Å². The van der Waals surface area contributed by atoms with Crippen molar-refractivity contribution in [3.8, 4) is 5.75 Å². The molecule has 1 fully saturated rings. The molecule has 1 aliphatic heterocycles. The van der Waals surface area contributed by atoms with Crippen molar-refractivity contribution in [1.82, 2.24) is 9.80 Å². The summed E-state index contributed by atoms with van der Waals surface area (Å²) < 4.78 is 11.5. The molecule has 0 aromatic heterocycles. The normalized spacial score (nSPS) is 13.8. The number of carbonyl (C=O) groups is 4. The first-order valence-electron chi connectivity index (χ1n) is 19.6. The third-order valence-corrected chi connectivity index (χ3v) is 9.17. The maximum atomic E-state index is 13.8. The number of benzene rings is 2. The largest absolute Gasteiger partial charge is 0.495 e. The van der Waals surface area contributed by atoms with Crippen molar-refractivity contribution >= 4 is 35.1 Å². The standard InChI is InChI=1S/C42H64N4O6/c1-6-7-8-9-10-11-12-13-14-15-16-17-18-19-23-26-37(47)43-34-27-28-36(51-5)35(29-34)44-39(49)40(52-32-42(2,3)4)46-38(48)31-45(41(46)50)30-33-24-21-20-22-25-33/h20-22,24-25,27-29,40H,6-19,23,26,30-32H2,1-5H3,(H,43,47)(H,44,49). The Hall–Kier alpha value is -3.92. The molecule has 52 heavy (non-hydrogen) atoms. The van der Waals surface area contributed by atoms with Crippen LogP contribution in [0.15, 0.2) is 48.5 Å². The number of hydrogen-bond acceptors (Lipinski definition) is 6. The van der Waals surface area contributed by atoms with Gasteiger partial charge < -0.3 is 25.0 Å². The minimum Gasteiger partial charge on any atom is -0.495 e. The molecule has 1 saturated heterocycles. The molecule has 288 valence electrons. The third-order valence-electron chi connectivity index (χ3n) is 9.17. The number of hydrogen-bond donors (Lipinski definition) is 2. The van der Waals surface area contributed by atoms with Crippen LogP contribution in [0.2, 0.25) is 0 Å². The van der Waals surface area contributed by atoms with E-state index in [-0.39, 0.29) is 36.7 Å². The minimum atomic E-state index is -1.51. The molecule has 1 atom stereocenters. The summed E-state index contributed by atoms with van der Waals surface area (Å²) in [4.78, 5) is 55.6. The van der Waals surface area contributed by atoms with E-state index in [1.807, 2.05) is 51.1 Å². The van der Waals surface area contributed by atoms with Crippen molar-refractivity contribution in [3.63, 3.8) is 0 Å². The second-order valence-electron chi connectivity index (χ2n) is 15.3. The van der Waals surface area contributed by atoms with Gasteiger partial charge in [0.15, 0.2) is 0 Å². The van der Waals surface area contributed by atoms with E-state index in [1.165, 1.54) is 89.1 Å². The lowest BCUT2D eigenvalue weighted by Gasteiger charge is -2.29. The van der Waals surface area contributed by atoms with Gasteiger partial charge in [0.1, 0.15) is 12.3 Å². The number of urea groups is 1. The lowest BCUT2D eigenvalue weighted by molar-refractivity contribution is -0.150. The van der Waals surface area contributed by atoms with Crippen molar-refractivity contribution in [2.75, 3.05) is 30.9 Å². The molecule has 10 heteroatoms. The predicted octanol–water partition coefficient (Wildman–Crippen LogP) is 9.69. The molecule has 2 N–H and O–H groups in total. The number of ether oxygens (including phenoxy) is 2. The molecule has 1 unspecified atom stereocenters. The Morgan fingerprint density at radius 1 is 0.788 bits per heavy atom. The highest BCUT2D eigenvalue weighted by atomic mass is 16.5. The van der Waals surface area contributed by atoms with E-state index in [9.17, 15) is 19.2 Å². The maximum Gasteiger partial charge on any atom is 0.330 e. The SMILES string of the molecule is CCCCCCCCCCCCCCCCCC(=O)Nc1ccc(OC)c(NC(=O)C(OCC(C)(C)C)N2C(=O)CN(Cc3ccccc3)C2=O)c1. The van der Waals surface area contributed by atoms with Gasteiger partial charge in [0.25, 0.3) is 11.8 Å². The minimum absolute atomic E-state index is 0.102. The Morgan fingerprint density at radius 3 is 1.92 bits per heavy atom. The zero-order valence-electron chi connectivity index (χ0n) is 32.5. The second-order valence-corrected chi connectivity index (χ2v) is 15.3. The van der Waals surface area contributed by atoms with Gasteiger partial charge in [-0.15, -0.1) is 0 Å². The van der Waals surface area contributed by atoms with Crippen LogP contribution in [0.1, 0.15) is 136 Å². The number of anilines is 2. The van der Waals surface area contributed by atoms with Crippen molar-refractivity contribution < 1.29 is 28.7 Å². The lowest BCUT2D eigenvalue weighted by Crippen LogP contribution is -2.50. The summed E-state index contributed by atoms with van der Waals surface area (Å²) >= 11 is 0. The van der Waals surface area contributed by atoms with E-state index in [4.69, 9.17) is 9.47 Å². The van der Waals surface area contributed by atoms with Gasteiger partial charge in [-0.1, -0.05) is 148 Å². The first-order chi connectivity index (χ1) is 25.0. The van der Waals surface area contributed by atoms with E-state index in [0.717, 1.165) is 29.7 Å². The van der Waals surface area contributed by atoms with Gasteiger partial charge in [0.05, 0.1) is 19.4 Å². The molecule has 2 aromatic carbocycles. The average molecular weight is 721 g/mol. The fraction of sp³-hybridized carbons (Fsp3) is 0.619. The summed E-state index contributed by atoms with van der Waals surface area (Å²) in [7, 11) is 1.47. The van der Waals surface area contributed by atoms with E-state index >= 15 is 0 Å².